The first kappa shape index (κ1) is 17.2. The maximum Gasteiger partial charge on any atom is 0.416 e. The van der Waals surface area contributed by atoms with E-state index in [-0.39, 0.29) is 6.61 Å². The van der Waals surface area contributed by atoms with E-state index in [0.29, 0.717) is 13.0 Å². The highest BCUT2D eigenvalue weighted by atomic mass is 32.2. The number of anilines is 1. The average molecular weight is 353 g/mol. The summed E-state index contributed by atoms with van der Waals surface area (Å²) >= 11 is 0. The fourth-order valence-corrected chi connectivity index (χ4v) is 4.66. The summed E-state index contributed by atoms with van der Waals surface area (Å²) in [5, 5.41) is 0. The van der Waals surface area contributed by atoms with Crippen LogP contribution in [0.4, 0.5) is 10.5 Å². The number of carbonyl (C=O) groups excluding carboxylic acids is 1. The highest BCUT2D eigenvalue weighted by Gasteiger charge is 2.42. The lowest BCUT2D eigenvalue weighted by Gasteiger charge is -2.44. The van der Waals surface area contributed by atoms with Crippen molar-refractivity contribution in [1.29, 1.82) is 0 Å². The van der Waals surface area contributed by atoms with Crippen LogP contribution < -0.4 is 4.90 Å². The fraction of sp³-hybridized carbons (Fsp3) is 0.562. The van der Waals surface area contributed by atoms with Gasteiger partial charge in [-0.1, -0.05) is 18.2 Å². The van der Waals surface area contributed by atoms with Crippen molar-refractivity contribution in [1.82, 2.24) is 8.61 Å². The Morgan fingerprint density at radius 3 is 2.71 bits per heavy atom. The Kier molecular flexibility index (Phi) is 4.54. The van der Waals surface area contributed by atoms with Gasteiger partial charge in [0.05, 0.1) is 5.69 Å². The quantitative estimate of drug-likeness (QED) is 0.834. The number of carbonyl (C=O) groups is 1. The molecule has 1 aromatic carbocycles. The zero-order chi connectivity index (χ0) is 17.5. The molecule has 24 heavy (non-hydrogen) atoms. The molecule has 2 heterocycles. The van der Waals surface area contributed by atoms with Gasteiger partial charge < -0.3 is 4.74 Å². The zero-order valence-electron chi connectivity index (χ0n) is 14.2. The van der Waals surface area contributed by atoms with Crippen molar-refractivity contribution in [3.05, 3.63) is 29.3 Å². The van der Waals surface area contributed by atoms with Crippen LogP contribution in [-0.4, -0.2) is 49.9 Å². The molecular formula is C16H23N3O4S. The molecule has 132 valence electrons. The summed E-state index contributed by atoms with van der Waals surface area (Å²) in [5.74, 6) is 0. The molecule has 1 amide bonds. The van der Waals surface area contributed by atoms with Crippen molar-refractivity contribution in [3.63, 3.8) is 0 Å². The minimum absolute atomic E-state index is 0.222. The number of hydrogen-bond donors (Lipinski definition) is 0. The first-order chi connectivity index (χ1) is 11.3. The number of aryl methyl sites for hydroxylation is 1. The van der Waals surface area contributed by atoms with Crippen LogP contribution >= 0.6 is 0 Å². The SMILES string of the molecule is Cc1cccc2c1N(C1CCCCN1S(=O)(=O)N(C)C)C(=O)OC2. The van der Waals surface area contributed by atoms with Gasteiger partial charge in [-0.05, 0) is 31.7 Å². The normalized spacial score (nSPS) is 22.4. The van der Waals surface area contributed by atoms with Crippen LogP contribution in [0.3, 0.4) is 0 Å². The van der Waals surface area contributed by atoms with E-state index in [2.05, 4.69) is 0 Å². The third-order valence-corrected chi connectivity index (χ3v) is 6.53. The van der Waals surface area contributed by atoms with Crippen LogP contribution in [0.5, 0.6) is 0 Å². The van der Waals surface area contributed by atoms with E-state index in [9.17, 15) is 13.2 Å². The lowest BCUT2D eigenvalue weighted by Crippen LogP contribution is -2.58. The zero-order valence-corrected chi connectivity index (χ0v) is 15.0. The molecule has 1 aromatic rings. The van der Waals surface area contributed by atoms with E-state index in [1.54, 1.807) is 0 Å². The Bertz CT molecular complexity index is 748. The molecule has 8 heteroatoms. The number of benzene rings is 1. The molecule has 0 saturated carbocycles. The minimum atomic E-state index is -3.62. The van der Waals surface area contributed by atoms with Gasteiger partial charge >= 0.3 is 6.09 Å². The van der Waals surface area contributed by atoms with Gasteiger partial charge in [0.15, 0.2) is 0 Å². The number of nitrogens with zero attached hydrogens (tertiary/aromatic N) is 3. The van der Waals surface area contributed by atoms with Crippen LogP contribution in [0.15, 0.2) is 18.2 Å². The molecule has 1 atom stereocenters. The van der Waals surface area contributed by atoms with Crippen LogP contribution in [-0.2, 0) is 21.6 Å². The van der Waals surface area contributed by atoms with Crippen molar-refractivity contribution >= 4 is 22.0 Å². The van der Waals surface area contributed by atoms with E-state index in [4.69, 9.17) is 4.74 Å². The molecule has 1 saturated heterocycles. The van der Waals surface area contributed by atoms with E-state index in [0.717, 1.165) is 29.7 Å². The van der Waals surface area contributed by atoms with Crippen LogP contribution in [0.25, 0.3) is 0 Å². The predicted octanol–water partition coefficient (Wildman–Crippen LogP) is 2.07. The van der Waals surface area contributed by atoms with Crippen molar-refractivity contribution in [2.24, 2.45) is 0 Å². The van der Waals surface area contributed by atoms with Crippen molar-refractivity contribution in [2.45, 2.75) is 39.0 Å². The summed E-state index contributed by atoms with van der Waals surface area (Å²) in [6.45, 7) is 2.55. The van der Waals surface area contributed by atoms with Gasteiger partial charge in [-0.15, -0.1) is 0 Å². The number of para-hydroxylation sites is 1. The number of ether oxygens (including phenoxy) is 1. The molecule has 0 bridgehead atoms. The Hall–Kier alpha value is -1.64. The van der Waals surface area contributed by atoms with Gasteiger partial charge in [-0.2, -0.15) is 17.0 Å². The number of rotatable bonds is 3. The minimum Gasteiger partial charge on any atom is -0.444 e. The number of piperidine rings is 1. The smallest absolute Gasteiger partial charge is 0.416 e. The molecular weight excluding hydrogens is 330 g/mol. The van der Waals surface area contributed by atoms with Crippen molar-refractivity contribution in [2.75, 3.05) is 25.5 Å². The highest BCUT2D eigenvalue weighted by Crippen LogP contribution is 2.36. The molecule has 2 aliphatic heterocycles. The van der Waals surface area contributed by atoms with Crippen molar-refractivity contribution < 1.29 is 17.9 Å². The number of fused-ring (bicyclic) bond motifs is 1. The largest absolute Gasteiger partial charge is 0.444 e. The van der Waals surface area contributed by atoms with Gasteiger partial charge in [0.2, 0.25) is 0 Å². The Labute approximate surface area is 143 Å². The molecule has 3 rings (SSSR count). The summed E-state index contributed by atoms with van der Waals surface area (Å²) in [7, 11) is -0.603. The maximum absolute atomic E-state index is 12.7. The fourth-order valence-electron chi connectivity index (χ4n) is 3.38. The average Bonchev–Trinajstić information content (AvgIpc) is 2.55. The molecule has 0 aliphatic carbocycles. The molecule has 2 aliphatic rings. The second-order valence-corrected chi connectivity index (χ2v) is 8.48. The van der Waals surface area contributed by atoms with E-state index < -0.39 is 22.5 Å². The standard InChI is InChI=1S/C16H23N3O4S/c1-12-7-6-8-13-11-23-16(20)19(15(12)13)14-9-4-5-10-18(14)24(21,22)17(2)3/h6-8,14H,4-5,9-11H2,1-3H3. The van der Waals surface area contributed by atoms with Gasteiger partial charge in [0, 0.05) is 26.2 Å². The summed E-state index contributed by atoms with van der Waals surface area (Å²) in [5.41, 5.74) is 2.62. The Morgan fingerprint density at radius 1 is 1.25 bits per heavy atom. The molecule has 7 nitrogen and oxygen atoms in total. The third-order valence-electron chi connectivity index (χ3n) is 4.59. The van der Waals surface area contributed by atoms with Gasteiger partial charge in [-0.3, -0.25) is 4.90 Å². The van der Waals surface area contributed by atoms with Gasteiger partial charge in [0.1, 0.15) is 12.8 Å². The molecule has 0 radical (unpaired) electrons. The third kappa shape index (κ3) is 2.78. The summed E-state index contributed by atoms with van der Waals surface area (Å²) in [4.78, 5) is 14.0. The number of hydrogen-bond acceptors (Lipinski definition) is 4. The monoisotopic (exact) mass is 353 g/mol. The first-order valence-electron chi connectivity index (χ1n) is 8.08. The van der Waals surface area contributed by atoms with E-state index in [1.165, 1.54) is 27.6 Å². The molecule has 1 unspecified atom stereocenters. The molecule has 1 fully saturated rings. The summed E-state index contributed by atoms with van der Waals surface area (Å²) in [6.07, 6.45) is 1.21. The van der Waals surface area contributed by atoms with E-state index in [1.807, 2.05) is 25.1 Å². The van der Waals surface area contributed by atoms with Crippen molar-refractivity contribution in [3.8, 4) is 0 Å². The molecule has 0 spiro atoms. The second kappa shape index (κ2) is 6.34. The van der Waals surface area contributed by atoms with Crippen LogP contribution in [0, 0.1) is 6.92 Å². The van der Waals surface area contributed by atoms with Gasteiger partial charge in [-0.25, -0.2) is 4.79 Å². The Balaban J connectivity index is 2.08. The summed E-state index contributed by atoms with van der Waals surface area (Å²) in [6, 6.07) is 5.76. The maximum atomic E-state index is 12.7. The van der Waals surface area contributed by atoms with E-state index >= 15 is 0 Å². The topological polar surface area (TPSA) is 70.2 Å². The predicted molar refractivity (Wildman–Crippen MR) is 90.8 cm³/mol. The van der Waals surface area contributed by atoms with Gasteiger partial charge in [0.25, 0.3) is 10.2 Å². The molecule has 0 aromatic heterocycles. The summed E-state index contributed by atoms with van der Waals surface area (Å²) < 4.78 is 33.3. The lowest BCUT2D eigenvalue weighted by molar-refractivity contribution is 0.126. The number of amides is 1. The highest BCUT2D eigenvalue weighted by molar-refractivity contribution is 7.86. The Morgan fingerprint density at radius 2 is 2.00 bits per heavy atom. The van der Waals surface area contributed by atoms with Crippen LogP contribution in [0.1, 0.15) is 30.4 Å². The lowest BCUT2D eigenvalue weighted by atomic mass is 10.0. The number of cyclic esters (lactones) is 1. The first-order valence-corrected chi connectivity index (χ1v) is 9.47. The molecule has 0 N–H and O–H groups in total. The van der Waals surface area contributed by atoms with Crippen LogP contribution in [0.2, 0.25) is 0 Å². The second-order valence-electron chi connectivity index (χ2n) is 6.38.